The summed E-state index contributed by atoms with van der Waals surface area (Å²) in [5.74, 6) is 0.664. The van der Waals surface area contributed by atoms with Crippen molar-refractivity contribution < 1.29 is 4.39 Å². The normalized spacial score (nSPS) is 15.2. The van der Waals surface area contributed by atoms with Gasteiger partial charge in [-0.3, -0.25) is 4.68 Å². The number of hydrogen-bond donors (Lipinski definition) is 0. The highest BCUT2D eigenvalue weighted by molar-refractivity contribution is 5.62. The van der Waals surface area contributed by atoms with E-state index in [-0.39, 0.29) is 5.82 Å². The Balaban J connectivity index is 1.86. The van der Waals surface area contributed by atoms with Crippen LogP contribution in [0.15, 0.2) is 30.6 Å². The second kappa shape index (κ2) is 3.99. The fourth-order valence-electron chi connectivity index (χ4n) is 2.00. The van der Waals surface area contributed by atoms with Gasteiger partial charge in [-0.1, -0.05) is 6.07 Å². The summed E-state index contributed by atoms with van der Waals surface area (Å²) in [6, 6.07) is 5.19. The van der Waals surface area contributed by atoms with Crippen LogP contribution in [0.25, 0.3) is 11.1 Å². The minimum atomic E-state index is -0.154. The fraction of sp³-hybridized carbons (Fsp3) is 0.357. The van der Waals surface area contributed by atoms with Gasteiger partial charge in [0, 0.05) is 18.3 Å². The quantitative estimate of drug-likeness (QED) is 0.790. The van der Waals surface area contributed by atoms with E-state index in [0.717, 1.165) is 23.6 Å². The Morgan fingerprint density at radius 1 is 1.35 bits per heavy atom. The van der Waals surface area contributed by atoms with Gasteiger partial charge in [0.15, 0.2) is 0 Å². The molecule has 0 N–H and O–H groups in total. The number of benzene rings is 1. The lowest BCUT2D eigenvalue weighted by Gasteiger charge is -2.00. The van der Waals surface area contributed by atoms with Crippen molar-refractivity contribution in [1.29, 1.82) is 0 Å². The second-order valence-corrected chi connectivity index (χ2v) is 4.86. The Labute approximate surface area is 100 Å². The second-order valence-electron chi connectivity index (χ2n) is 4.86. The van der Waals surface area contributed by atoms with Gasteiger partial charge in [-0.05, 0) is 48.9 Å². The van der Waals surface area contributed by atoms with E-state index < -0.39 is 0 Å². The van der Waals surface area contributed by atoms with Crippen molar-refractivity contribution in [2.24, 2.45) is 5.92 Å². The van der Waals surface area contributed by atoms with Crippen molar-refractivity contribution in [2.75, 3.05) is 0 Å². The van der Waals surface area contributed by atoms with E-state index in [1.807, 2.05) is 23.1 Å². The van der Waals surface area contributed by atoms with Gasteiger partial charge < -0.3 is 0 Å². The maximum absolute atomic E-state index is 13.2. The molecule has 1 fully saturated rings. The van der Waals surface area contributed by atoms with Crippen LogP contribution in [-0.2, 0) is 6.54 Å². The van der Waals surface area contributed by atoms with E-state index in [4.69, 9.17) is 0 Å². The van der Waals surface area contributed by atoms with Crippen LogP contribution in [-0.4, -0.2) is 9.78 Å². The molecule has 88 valence electrons. The molecule has 0 atom stereocenters. The highest BCUT2D eigenvalue weighted by atomic mass is 19.1. The van der Waals surface area contributed by atoms with Crippen LogP contribution in [0.3, 0.4) is 0 Å². The zero-order valence-electron chi connectivity index (χ0n) is 9.86. The molecule has 1 aromatic carbocycles. The van der Waals surface area contributed by atoms with Crippen LogP contribution in [0, 0.1) is 18.7 Å². The lowest BCUT2D eigenvalue weighted by atomic mass is 10.1. The van der Waals surface area contributed by atoms with E-state index in [1.54, 1.807) is 13.0 Å². The van der Waals surface area contributed by atoms with Crippen molar-refractivity contribution in [2.45, 2.75) is 26.3 Å². The van der Waals surface area contributed by atoms with Crippen molar-refractivity contribution in [3.05, 3.63) is 42.0 Å². The summed E-state index contributed by atoms with van der Waals surface area (Å²) in [7, 11) is 0. The molecule has 17 heavy (non-hydrogen) atoms. The lowest BCUT2D eigenvalue weighted by Crippen LogP contribution is -1.98. The molecule has 1 aliphatic carbocycles. The first-order valence-corrected chi connectivity index (χ1v) is 6.01. The maximum atomic E-state index is 13.2. The summed E-state index contributed by atoms with van der Waals surface area (Å²) in [6.07, 6.45) is 6.55. The summed E-state index contributed by atoms with van der Waals surface area (Å²) >= 11 is 0. The predicted octanol–water partition coefficient (Wildman–Crippen LogP) is 3.41. The predicted molar refractivity (Wildman–Crippen MR) is 65.1 cm³/mol. The Morgan fingerprint density at radius 3 is 2.88 bits per heavy atom. The van der Waals surface area contributed by atoms with Crippen molar-refractivity contribution in [3.63, 3.8) is 0 Å². The molecule has 3 heteroatoms. The standard InChI is InChI=1S/C14H15FN2/c1-10-6-12(4-5-14(10)15)13-7-16-17(9-13)8-11-2-3-11/h4-7,9,11H,2-3,8H2,1H3. The van der Waals surface area contributed by atoms with Gasteiger partial charge in [0.1, 0.15) is 5.82 Å². The third kappa shape index (κ3) is 2.23. The van der Waals surface area contributed by atoms with Crippen LogP contribution >= 0.6 is 0 Å². The van der Waals surface area contributed by atoms with Crippen LogP contribution in [0.2, 0.25) is 0 Å². The van der Waals surface area contributed by atoms with Gasteiger partial charge in [0.2, 0.25) is 0 Å². The summed E-state index contributed by atoms with van der Waals surface area (Å²) < 4.78 is 15.2. The molecule has 0 aliphatic heterocycles. The summed E-state index contributed by atoms with van der Waals surface area (Å²) in [5.41, 5.74) is 2.78. The number of aryl methyl sites for hydroxylation is 1. The van der Waals surface area contributed by atoms with Crippen LogP contribution in [0.5, 0.6) is 0 Å². The Bertz CT molecular complexity index is 541. The smallest absolute Gasteiger partial charge is 0.126 e. The van der Waals surface area contributed by atoms with E-state index in [2.05, 4.69) is 5.10 Å². The van der Waals surface area contributed by atoms with Gasteiger partial charge in [0.25, 0.3) is 0 Å². The molecule has 1 aromatic heterocycles. The fourth-order valence-corrected chi connectivity index (χ4v) is 2.00. The molecule has 3 rings (SSSR count). The molecule has 0 bridgehead atoms. The lowest BCUT2D eigenvalue weighted by molar-refractivity contribution is 0.563. The highest BCUT2D eigenvalue weighted by Gasteiger charge is 2.22. The molecular formula is C14H15FN2. The first-order valence-electron chi connectivity index (χ1n) is 6.01. The number of aromatic nitrogens is 2. The third-order valence-electron chi connectivity index (χ3n) is 3.27. The monoisotopic (exact) mass is 230 g/mol. The number of nitrogens with zero attached hydrogens (tertiary/aromatic N) is 2. The Morgan fingerprint density at radius 2 is 2.18 bits per heavy atom. The topological polar surface area (TPSA) is 17.8 Å². The zero-order chi connectivity index (χ0) is 11.8. The van der Waals surface area contributed by atoms with Crippen LogP contribution < -0.4 is 0 Å². The van der Waals surface area contributed by atoms with Crippen LogP contribution in [0.1, 0.15) is 18.4 Å². The molecule has 1 saturated carbocycles. The van der Waals surface area contributed by atoms with Crippen molar-refractivity contribution in [3.8, 4) is 11.1 Å². The summed E-state index contributed by atoms with van der Waals surface area (Å²) in [6.45, 7) is 2.80. The number of rotatable bonds is 3. The molecule has 0 unspecified atom stereocenters. The van der Waals surface area contributed by atoms with Gasteiger partial charge in [-0.25, -0.2) is 4.39 Å². The van der Waals surface area contributed by atoms with Gasteiger partial charge in [-0.2, -0.15) is 5.10 Å². The summed E-state index contributed by atoms with van der Waals surface area (Å²) in [4.78, 5) is 0. The zero-order valence-corrected chi connectivity index (χ0v) is 9.86. The Hall–Kier alpha value is -1.64. The largest absolute Gasteiger partial charge is 0.272 e. The van der Waals surface area contributed by atoms with Gasteiger partial charge in [0.05, 0.1) is 6.20 Å². The van der Waals surface area contributed by atoms with E-state index in [0.29, 0.717) is 5.56 Å². The van der Waals surface area contributed by atoms with Gasteiger partial charge >= 0.3 is 0 Å². The molecule has 0 radical (unpaired) electrons. The maximum Gasteiger partial charge on any atom is 0.126 e. The third-order valence-corrected chi connectivity index (χ3v) is 3.27. The number of hydrogen-bond acceptors (Lipinski definition) is 1. The molecule has 2 nitrogen and oxygen atoms in total. The minimum Gasteiger partial charge on any atom is -0.272 e. The molecule has 2 aromatic rings. The molecule has 1 aliphatic rings. The van der Waals surface area contributed by atoms with Crippen molar-refractivity contribution in [1.82, 2.24) is 9.78 Å². The highest BCUT2D eigenvalue weighted by Crippen LogP contribution is 2.31. The SMILES string of the molecule is Cc1cc(-c2cnn(CC3CC3)c2)ccc1F. The first kappa shape index (κ1) is 10.5. The minimum absolute atomic E-state index is 0.154. The van der Waals surface area contributed by atoms with E-state index in [1.165, 1.54) is 18.9 Å². The van der Waals surface area contributed by atoms with E-state index in [9.17, 15) is 4.39 Å². The average molecular weight is 230 g/mol. The average Bonchev–Trinajstić information content (AvgIpc) is 2.99. The molecule has 0 saturated heterocycles. The molecule has 1 heterocycles. The van der Waals surface area contributed by atoms with E-state index >= 15 is 0 Å². The molecular weight excluding hydrogens is 215 g/mol. The molecule has 0 amide bonds. The number of halogens is 1. The molecule has 0 spiro atoms. The van der Waals surface area contributed by atoms with Crippen molar-refractivity contribution >= 4 is 0 Å². The first-order chi connectivity index (χ1) is 8.22. The summed E-state index contributed by atoms with van der Waals surface area (Å²) in [5, 5.41) is 4.35. The van der Waals surface area contributed by atoms with Crippen LogP contribution in [0.4, 0.5) is 4.39 Å². The van der Waals surface area contributed by atoms with Gasteiger partial charge in [-0.15, -0.1) is 0 Å². The Kier molecular flexibility index (Phi) is 2.46.